The number of aromatic nitrogens is 3. The number of para-hydroxylation sites is 1. The van der Waals surface area contributed by atoms with Gasteiger partial charge in [-0.15, -0.1) is 0 Å². The zero-order valence-corrected chi connectivity index (χ0v) is 20.2. The number of hydrogen-bond donors (Lipinski definition) is 0. The summed E-state index contributed by atoms with van der Waals surface area (Å²) in [7, 11) is 0. The molecule has 0 saturated heterocycles. The molecule has 4 nitrogen and oxygen atoms in total. The molecule has 7 rings (SSSR count). The van der Waals surface area contributed by atoms with Crippen LogP contribution in [0.2, 0.25) is 0 Å². The maximum absolute atomic E-state index is 15.4. The van der Waals surface area contributed by atoms with Crippen molar-refractivity contribution in [2.75, 3.05) is 0 Å². The van der Waals surface area contributed by atoms with Crippen molar-refractivity contribution < 1.29 is 8.81 Å². The van der Waals surface area contributed by atoms with E-state index in [2.05, 4.69) is 0 Å². The van der Waals surface area contributed by atoms with E-state index in [1.807, 2.05) is 109 Å². The molecular weight excluding hydrogens is 473 g/mol. The third-order valence-corrected chi connectivity index (χ3v) is 6.62. The van der Waals surface area contributed by atoms with E-state index in [0.717, 1.165) is 44.2 Å². The molecule has 5 aromatic carbocycles. The first kappa shape index (κ1) is 22.1. The minimum absolute atomic E-state index is 0.279. The van der Waals surface area contributed by atoms with Crippen LogP contribution in [0.15, 0.2) is 126 Å². The third kappa shape index (κ3) is 3.82. The highest BCUT2D eigenvalue weighted by Crippen LogP contribution is 2.38. The topological polar surface area (TPSA) is 51.8 Å². The van der Waals surface area contributed by atoms with Crippen molar-refractivity contribution >= 4 is 21.9 Å². The molecule has 180 valence electrons. The second-order valence-electron chi connectivity index (χ2n) is 9.01. The van der Waals surface area contributed by atoms with Gasteiger partial charge in [-0.2, -0.15) is 0 Å². The van der Waals surface area contributed by atoms with E-state index in [0.29, 0.717) is 17.2 Å². The van der Waals surface area contributed by atoms with E-state index < -0.39 is 5.82 Å². The van der Waals surface area contributed by atoms with E-state index >= 15 is 4.39 Å². The smallest absolute Gasteiger partial charge is 0.167 e. The van der Waals surface area contributed by atoms with E-state index in [-0.39, 0.29) is 5.82 Å². The Labute approximate surface area is 218 Å². The van der Waals surface area contributed by atoms with Crippen molar-refractivity contribution in [2.45, 2.75) is 0 Å². The first-order chi connectivity index (χ1) is 18.7. The maximum atomic E-state index is 15.4. The van der Waals surface area contributed by atoms with Crippen LogP contribution in [0.5, 0.6) is 0 Å². The molecule has 2 heterocycles. The minimum Gasteiger partial charge on any atom is -0.456 e. The summed E-state index contributed by atoms with van der Waals surface area (Å²) in [6.07, 6.45) is 0. The Morgan fingerprint density at radius 2 is 1.08 bits per heavy atom. The zero-order chi connectivity index (χ0) is 25.5. The van der Waals surface area contributed by atoms with E-state index in [1.54, 1.807) is 6.07 Å². The second-order valence-corrected chi connectivity index (χ2v) is 9.01. The Kier molecular flexibility index (Phi) is 5.26. The molecule has 5 heteroatoms. The van der Waals surface area contributed by atoms with Crippen molar-refractivity contribution in [3.8, 4) is 45.3 Å². The van der Waals surface area contributed by atoms with Gasteiger partial charge in [-0.1, -0.05) is 97.1 Å². The van der Waals surface area contributed by atoms with Crippen molar-refractivity contribution in [1.29, 1.82) is 0 Å². The van der Waals surface area contributed by atoms with Gasteiger partial charge in [-0.3, -0.25) is 0 Å². The highest BCUT2D eigenvalue weighted by Gasteiger charge is 2.18. The van der Waals surface area contributed by atoms with Crippen LogP contribution in [-0.4, -0.2) is 15.0 Å². The third-order valence-electron chi connectivity index (χ3n) is 6.62. The highest BCUT2D eigenvalue weighted by atomic mass is 19.1. The first-order valence-electron chi connectivity index (χ1n) is 12.3. The predicted octanol–water partition coefficient (Wildman–Crippen LogP) is 8.58. The molecule has 0 amide bonds. The Morgan fingerprint density at radius 3 is 1.79 bits per heavy atom. The van der Waals surface area contributed by atoms with Gasteiger partial charge in [0.1, 0.15) is 17.0 Å². The van der Waals surface area contributed by atoms with Gasteiger partial charge in [0.2, 0.25) is 0 Å². The van der Waals surface area contributed by atoms with Crippen molar-refractivity contribution in [2.24, 2.45) is 0 Å². The summed E-state index contributed by atoms with van der Waals surface area (Å²) in [5.74, 6) is 0.854. The number of hydrogen-bond acceptors (Lipinski definition) is 4. The van der Waals surface area contributed by atoms with Gasteiger partial charge in [0.05, 0.1) is 5.56 Å². The summed E-state index contributed by atoms with van der Waals surface area (Å²) < 4.78 is 21.5. The molecular formula is C33H20FN3O. The lowest BCUT2D eigenvalue weighted by atomic mass is 9.97. The van der Waals surface area contributed by atoms with Crippen LogP contribution in [0.1, 0.15) is 0 Å². The lowest BCUT2D eigenvalue weighted by Crippen LogP contribution is -2.01. The van der Waals surface area contributed by atoms with Crippen LogP contribution in [-0.2, 0) is 0 Å². The number of nitrogens with zero attached hydrogens (tertiary/aromatic N) is 3. The van der Waals surface area contributed by atoms with Crippen molar-refractivity contribution in [3.05, 3.63) is 127 Å². The fourth-order valence-corrected chi connectivity index (χ4v) is 4.81. The van der Waals surface area contributed by atoms with Gasteiger partial charge >= 0.3 is 0 Å². The lowest BCUT2D eigenvalue weighted by molar-refractivity contribution is 0.630. The number of fused-ring (bicyclic) bond motifs is 3. The van der Waals surface area contributed by atoms with Gasteiger partial charge in [-0.25, -0.2) is 19.3 Å². The summed E-state index contributed by atoms with van der Waals surface area (Å²) in [5.41, 5.74) is 5.38. The molecule has 0 bridgehead atoms. The van der Waals surface area contributed by atoms with Crippen molar-refractivity contribution in [1.82, 2.24) is 15.0 Å². The normalized spacial score (nSPS) is 11.3. The average Bonchev–Trinajstić information content (AvgIpc) is 3.37. The van der Waals surface area contributed by atoms with Crippen LogP contribution in [0.3, 0.4) is 0 Å². The molecule has 7 aromatic rings. The average molecular weight is 494 g/mol. The minimum atomic E-state index is -0.401. The van der Waals surface area contributed by atoms with Crippen LogP contribution in [0.25, 0.3) is 67.2 Å². The quantitative estimate of drug-likeness (QED) is 0.246. The number of benzene rings is 5. The van der Waals surface area contributed by atoms with Crippen LogP contribution in [0.4, 0.5) is 4.39 Å². The SMILES string of the molecule is Fc1ccc(-c2cccc3oc4ccccc4c23)cc1-c1nc(-c2ccccc2)nc(-c2ccccc2)n1. The summed E-state index contributed by atoms with van der Waals surface area (Å²) in [6.45, 7) is 0. The zero-order valence-electron chi connectivity index (χ0n) is 20.2. The van der Waals surface area contributed by atoms with Crippen LogP contribution < -0.4 is 0 Å². The van der Waals surface area contributed by atoms with Crippen LogP contribution >= 0.6 is 0 Å². The van der Waals surface area contributed by atoms with Crippen molar-refractivity contribution in [3.63, 3.8) is 0 Å². The fraction of sp³-hybridized carbons (Fsp3) is 0. The Morgan fingerprint density at radius 1 is 0.474 bits per heavy atom. The molecule has 0 spiro atoms. The summed E-state index contributed by atoms with van der Waals surface area (Å²) in [5, 5.41) is 2.01. The van der Waals surface area contributed by atoms with Gasteiger partial charge in [-0.05, 0) is 35.4 Å². The maximum Gasteiger partial charge on any atom is 0.167 e. The van der Waals surface area contributed by atoms with Gasteiger partial charge in [0, 0.05) is 21.9 Å². The number of furan rings is 1. The molecule has 0 aliphatic carbocycles. The molecule has 38 heavy (non-hydrogen) atoms. The molecule has 0 atom stereocenters. The van der Waals surface area contributed by atoms with E-state index in [9.17, 15) is 0 Å². The van der Waals surface area contributed by atoms with Gasteiger partial charge in [0.25, 0.3) is 0 Å². The summed E-state index contributed by atoms with van der Waals surface area (Å²) in [6, 6.07) is 38.3. The predicted molar refractivity (Wildman–Crippen MR) is 149 cm³/mol. The molecule has 0 aliphatic rings. The number of rotatable bonds is 4. The Hall–Kier alpha value is -5.16. The number of halogens is 1. The lowest BCUT2D eigenvalue weighted by Gasteiger charge is -2.11. The monoisotopic (exact) mass is 493 g/mol. The van der Waals surface area contributed by atoms with E-state index in [4.69, 9.17) is 19.4 Å². The highest BCUT2D eigenvalue weighted by molar-refractivity contribution is 6.12. The fourth-order valence-electron chi connectivity index (χ4n) is 4.81. The molecule has 0 fully saturated rings. The standard InChI is InChI=1S/C33H20FN3O/c34-27-19-18-23(24-15-9-17-29-30(24)25-14-7-8-16-28(25)38-29)20-26(27)33-36-31(21-10-3-1-4-11-21)35-32(37-33)22-12-5-2-6-13-22/h1-20H. The molecule has 0 N–H and O–H groups in total. The molecule has 0 saturated carbocycles. The molecule has 0 radical (unpaired) electrons. The Bertz CT molecular complexity index is 1870. The Balaban J connectivity index is 1.44. The summed E-state index contributed by atoms with van der Waals surface area (Å²) in [4.78, 5) is 14.2. The van der Waals surface area contributed by atoms with Gasteiger partial charge in [0.15, 0.2) is 17.5 Å². The van der Waals surface area contributed by atoms with E-state index in [1.165, 1.54) is 6.07 Å². The second kappa shape index (κ2) is 9.05. The van der Waals surface area contributed by atoms with Gasteiger partial charge < -0.3 is 4.42 Å². The summed E-state index contributed by atoms with van der Waals surface area (Å²) >= 11 is 0. The van der Waals surface area contributed by atoms with Crippen LogP contribution in [0, 0.1) is 5.82 Å². The largest absolute Gasteiger partial charge is 0.456 e. The molecule has 0 aliphatic heterocycles. The molecule has 2 aromatic heterocycles. The molecule has 0 unspecified atom stereocenters. The first-order valence-corrected chi connectivity index (χ1v) is 12.3.